The molecular formula is C24H27N3OS. The lowest BCUT2D eigenvalue weighted by molar-refractivity contribution is -0.114. The molecular weight excluding hydrogens is 378 g/mol. The summed E-state index contributed by atoms with van der Waals surface area (Å²) >= 11 is 1.87. The van der Waals surface area contributed by atoms with Gasteiger partial charge >= 0.3 is 0 Å². The van der Waals surface area contributed by atoms with Gasteiger partial charge in [-0.1, -0.05) is 36.4 Å². The van der Waals surface area contributed by atoms with E-state index >= 15 is 0 Å². The second-order valence-corrected chi connectivity index (χ2v) is 8.57. The number of piperazine rings is 1. The van der Waals surface area contributed by atoms with Gasteiger partial charge in [0.05, 0.1) is 0 Å². The Morgan fingerprint density at radius 1 is 0.966 bits per heavy atom. The van der Waals surface area contributed by atoms with Gasteiger partial charge in [0.2, 0.25) is 5.91 Å². The van der Waals surface area contributed by atoms with Gasteiger partial charge in [0.15, 0.2) is 0 Å². The largest absolute Gasteiger partial charge is 0.369 e. The van der Waals surface area contributed by atoms with Crippen molar-refractivity contribution >= 4 is 28.6 Å². The molecule has 0 bridgehead atoms. The predicted molar refractivity (Wildman–Crippen MR) is 122 cm³/mol. The monoisotopic (exact) mass is 405 g/mol. The Labute approximate surface area is 176 Å². The van der Waals surface area contributed by atoms with Crippen LogP contribution in [0.3, 0.4) is 0 Å². The minimum atomic E-state index is -0.0328. The molecule has 1 saturated heterocycles. The molecule has 4 rings (SSSR count). The summed E-state index contributed by atoms with van der Waals surface area (Å²) in [5, 5.41) is 5.17. The van der Waals surface area contributed by atoms with E-state index in [2.05, 4.69) is 69.0 Å². The smallest absolute Gasteiger partial charge is 0.221 e. The number of thiophene rings is 1. The molecule has 29 heavy (non-hydrogen) atoms. The van der Waals surface area contributed by atoms with Gasteiger partial charge in [-0.05, 0) is 47.2 Å². The van der Waals surface area contributed by atoms with Crippen LogP contribution in [0, 0.1) is 0 Å². The van der Waals surface area contributed by atoms with E-state index in [-0.39, 0.29) is 5.91 Å². The number of nitrogens with zero attached hydrogens (tertiary/aromatic N) is 2. The van der Waals surface area contributed by atoms with Crippen molar-refractivity contribution in [3.8, 4) is 0 Å². The van der Waals surface area contributed by atoms with Crippen LogP contribution in [0.25, 0.3) is 0 Å². The summed E-state index contributed by atoms with van der Waals surface area (Å²) in [6.45, 7) is 6.69. The first kappa shape index (κ1) is 19.7. The van der Waals surface area contributed by atoms with Gasteiger partial charge in [0, 0.05) is 55.9 Å². The molecule has 0 spiro atoms. The normalized spacial score (nSPS) is 14.7. The van der Waals surface area contributed by atoms with Crippen LogP contribution >= 0.6 is 11.3 Å². The first-order chi connectivity index (χ1) is 14.2. The van der Waals surface area contributed by atoms with Gasteiger partial charge < -0.3 is 10.2 Å². The topological polar surface area (TPSA) is 35.6 Å². The van der Waals surface area contributed by atoms with Crippen molar-refractivity contribution < 1.29 is 4.79 Å². The number of hydrogen-bond acceptors (Lipinski definition) is 4. The van der Waals surface area contributed by atoms with Crippen molar-refractivity contribution in [3.05, 3.63) is 82.0 Å². The number of rotatable bonds is 6. The molecule has 1 aliphatic heterocycles. The van der Waals surface area contributed by atoms with Gasteiger partial charge in [0.1, 0.15) is 0 Å². The van der Waals surface area contributed by atoms with Crippen LogP contribution in [0.4, 0.5) is 11.4 Å². The second-order valence-electron chi connectivity index (χ2n) is 7.58. The van der Waals surface area contributed by atoms with Gasteiger partial charge in [-0.2, -0.15) is 0 Å². The zero-order valence-corrected chi connectivity index (χ0v) is 17.6. The van der Waals surface area contributed by atoms with Gasteiger partial charge in [-0.15, -0.1) is 11.3 Å². The fraction of sp³-hybridized carbons (Fsp3) is 0.292. The fourth-order valence-corrected chi connectivity index (χ4v) is 4.73. The maximum Gasteiger partial charge on any atom is 0.221 e. The van der Waals surface area contributed by atoms with Gasteiger partial charge in [0.25, 0.3) is 0 Å². The summed E-state index contributed by atoms with van der Waals surface area (Å²) in [7, 11) is 0. The lowest BCUT2D eigenvalue weighted by atomic mass is 10.1. The molecule has 0 unspecified atom stereocenters. The van der Waals surface area contributed by atoms with Crippen molar-refractivity contribution in [2.24, 2.45) is 0 Å². The highest BCUT2D eigenvalue weighted by molar-refractivity contribution is 7.10. The Bertz CT molecular complexity index is 946. The summed E-state index contributed by atoms with van der Waals surface area (Å²) in [5.41, 5.74) is 4.82. The fourth-order valence-electron chi connectivity index (χ4n) is 3.80. The predicted octanol–water partition coefficient (Wildman–Crippen LogP) is 4.62. The molecule has 0 aliphatic carbocycles. The van der Waals surface area contributed by atoms with Crippen LogP contribution in [0.1, 0.15) is 22.9 Å². The Balaban J connectivity index is 1.30. The van der Waals surface area contributed by atoms with Crippen molar-refractivity contribution in [1.29, 1.82) is 0 Å². The Morgan fingerprint density at radius 2 is 1.76 bits per heavy atom. The zero-order chi connectivity index (χ0) is 20.1. The van der Waals surface area contributed by atoms with E-state index in [9.17, 15) is 4.79 Å². The molecule has 4 nitrogen and oxygen atoms in total. The van der Waals surface area contributed by atoms with Crippen LogP contribution < -0.4 is 10.2 Å². The summed E-state index contributed by atoms with van der Waals surface area (Å²) in [5.74, 6) is -0.0328. The number of anilines is 2. The Hall–Kier alpha value is -2.63. The molecule has 2 aromatic carbocycles. The SMILES string of the molecule is CC(=O)Nc1cccc(N2CCN(Cc3cc(Cc4ccccc4)cs3)CC2)c1. The standard InChI is InChI=1S/C24H27N3OS/c1-19(28)25-22-8-5-9-23(16-22)27-12-10-26(11-13-27)17-24-15-21(18-29-24)14-20-6-3-2-4-7-20/h2-9,15-16,18H,10-14,17H2,1H3,(H,25,28). The van der Waals surface area contributed by atoms with E-state index in [0.29, 0.717) is 0 Å². The van der Waals surface area contributed by atoms with Crippen LogP contribution in [0.5, 0.6) is 0 Å². The highest BCUT2D eigenvalue weighted by Gasteiger charge is 2.18. The van der Waals surface area contributed by atoms with E-state index in [0.717, 1.165) is 44.8 Å². The van der Waals surface area contributed by atoms with Crippen molar-refractivity contribution in [1.82, 2.24) is 4.90 Å². The molecule has 1 aliphatic rings. The first-order valence-electron chi connectivity index (χ1n) is 10.1. The summed E-state index contributed by atoms with van der Waals surface area (Å²) < 4.78 is 0. The summed E-state index contributed by atoms with van der Waals surface area (Å²) in [6, 6.07) is 21.1. The molecule has 1 aromatic heterocycles. The molecule has 5 heteroatoms. The molecule has 3 aromatic rings. The van der Waals surface area contributed by atoms with E-state index < -0.39 is 0 Å². The van der Waals surface area contributed by atoms with E-state index in [1.807, 2.05) is 23.5 Å². The quantitative estimate of drug-likeness (QED) is 0.650. The molecule has 1 fully saturated rings. The average Bonchev–Trinajstić information content (AvgIpc) is 3.16. The third-order valence-corrected chi connectivity index (χ3v) is 6.21. The number of benzene rings is 2. The lowest BCUT2D eigenvalue weighted by Gasteiger charge is -2.36. The molecule has 0 saturated carbocycles. The van der Waals surface area contributed by atoms with E-state index in [4.69, 9.17) is 0 Å². The minimum absolute atomic E-state index is 0.0328. The van der Waals surface area contributed by atoms with Gasteiger partial charge in [-0.25, -0.2) is 0 Å². The highest BCUT2D eigenvalue weighted by atomic mass is 32.1. The molecule has 1 N–H and O–H groups in total. The summed E-state index contributed by atoms with van der Waals surface area (Å²) in [6.07, 6.45) is 1.01. The number of nitrogens with one attached hydrogen (secondary N) is 1. The van der Waals surface area contributed by atoms with E-state index in [1.165, 1.54) is 21.7 Å². The minimum Gasteiger partial charge on any atom is -0.369 e. The van der Waals surface area contributed by atoms with Crippen LogP contribution in [0.15, 0.2) is 66.0 Å². The Kier molecular flexibility index (Phi) is 6.27. The third kappa shape index (κ3) is 5.46. The summed E-state index contributed by atoms with van der Waals surface area (Å²) in [4.78, 5) is 17.7. The number of hydrogen-bond donors (Lipinski definition) is 1. The van der Waals surface area contributed by atoms with Crippen molar-refractivity contribution in [2.75, 3.05) is 36.4 Å². The number of amides is 1. The molecule has 0 radical (unpaired) electrons. The van der Waals surface area contributed by atoms with Gasteiger partial charge in [-0.3, -0.25) is 9.69 Å². The maximum absolute atomic E-state index is 11.3. The number of carbonyl (C=O) groups is 1. The second kappa shape index (κ2) is 9.25. The third-order valence-electron chi connectivity index (χ3n) is 5.24. The maximum atomic E-state index is 11.3. The van der Waals surface area contributed by atoms with Crippen LogP contribution in [0.2, 0.25) is 0 Å². The molecule has 150 valence electrons. The first-order valence-corrected chi connectivity index (χ1v) is 11.0. The molecule has 1 amide bonds. The molecule has 0 atom stereocenters. The zero-order valence-electron chi connectivity index (χ0n) is 16.8. The number of carbonyl (C=O) groups excluding carboxylic acids is 1. The van der Waals surface area contributed by atoms with Crippen LogP contribution in [-0.4, -0.2) is 37.0 Å². The average molecular weight is 406 g/mol. The molecule has 2 heterocycles. The Morgan fingerprint density at radius 3 is 2.52 bits per heavy atom. The van der Waals surface area contributed by atoms with E-state index in [1.54, 1.807) is 6.92 Å². The van der Waals surface area contributed by atoms with Crippen molar-refractivity contribution in [2.45, 2.75) is 19.9 Å². The highest BCUT2D eigenvalue weighted by Crippen LogP contribution is 2.23. The van der Waals surface area contributed by atoms with Crippen LogP contribution in [-0.2, 0) is 17.8 Å². The van der Waals surface area contributed by atoms with Crippen molar-refractivity contribution in [3.63, 3.8) is 0 Å². The lowest BCUT2D eigenvalue weighted by Crippen LogP contribution is -2.45.